The van der Waals surface area contributed by atoms with Crippen molar-refractivity contribution >= 4 is 28.9 Å². The van der Waals surface area contributed by atoms with Crippen LogP contribution in [0.3, 0.4) is 0 Å². The number of Topliss-reactive ketones (excluding diaryl/α,β-unsaturated/α-hetero) is 2. The van der Waals surface area contributed by atoms with Crippen molar-refractivity contribution in [1.29, 1.82) is 0 Å². The lowest BCUT2D eigenvalue weighted by Gasteiger charge is -2.50. The minimum Gasteiger partial charge on any atom is -0.510 e. The first kappa shape index (κ1) is 23.8. The molecule has 0 bridgehead atoms. The molecule has 1 fully saturated rings. The SMILES string of the molecule is CNC1=C2C(=O)[C@]3(O)C(=O)C(C(N)=O)=C(O)[C@@H](N(C)C)[C@@H]3C[C@@H]2Cc2c(N(C)C)ccc(O)c21. The Bertz CT molecular complexity index is 1180. The molecular formula is C24H30N4O6. The third kappa shape index (κ3) is 2.98. The molecule has 1 aromatic carbocycles. The van der Waals surface area contributed by atoms with Crippen LogP contribution in [0, 0.1) is 11.8 Å². The Morgan fingerprint density at radius 1 is 1.15 bits per heavy atom. The zero-order valence-electron chi connectivity index (χ0n) is 19.8. The highest BCUT2D eigenvalue weighted by Gasteiger charge is 2.64. The van der Waals surface area contributed by atoms with Crippen LogP contribution in [0.15, 0.2) is 29.0 Å². The van der Waals surface area contributed by atoms with Crippen LogP contribution in [-0.2, 0) is 20.8 Å². The van der Waals surface area contributed by atoms with Crippen LogP contribution >= 0.6 is 0 Å². The van der Waals surface area contributed by atoms with E-state index in [1.807, 2.05) is 19.0 Å². The van der Waals surface area contributed by atoms with Gasteiger partial charge in [0.2, 0.25) is 11.6 Å². The highest BCUT2D eigenvalue weighted by atomic mass is 16.3. The number of phenols is 1. The summed E-state index contributed by atoms with van der Waals surface area (Å²) in [6, 6.07) is 2.37. The van der Waals surface area contributed by atoms with Gasteiger partial charge in [0.1, 0.15) is 17.1 Å². The van der Waals surface area contributed by atoms with Crippen LogP contribution in [0.2, 0.25) is 0 Å². The molecule has 1 aromatic rings. The number of nitrogens with two attached hydrogens (primary N) is 1. The number of aliphatic hydroxyl groups is 2. The number of hydrogen-bond acceptors (Lipinski definition) is 9. The Balaban J connectivity index is 2.00. The molecule has 6 N–H and O–H groups in total. The monoisotopic (exact) mass is 470 g/mol. The summed E-state index contributed by atoms with van der Waals surface area (Å²) in [5, 5.41) is 36.2. The number of phenolic OH excluding ortho intramolecular Hbond substituents is 1. The van der Waals surface area contributed by atoms with E-state index in [0.29, 0.717) is 17.7 Å². The van der Waals surface area contributed by atoms with E-state index in [-0.39, 0.29) is 17.7 Å². The Morgan fingerprint density at radius 3 is 2.32 bits per heavy atom. The van der Waals surface area contributed by atoms with Gasteiger partial charge in [0.05, 0.1) is 11.7 Å². The van der Waals surface area contributed by atoms with E-state index in [4.69, 9.17) is 5.73 Å². The van der Waals surface area contributed by atoms with E-state index in [1.54, 1.807) is 32.1 Å². The smallest absolute Gasteiger partial charge is 0.255 e. The van der Waals surface area contributed by atoms with Crippen LogP contribution in [0.4, 0.5) is 5.69 Å². The minimum atomic E-state index is -2.58. The predicted molar refractivity (Wildman–Crippen MR) is 125 cm³/mol. The summed E-state index contributed by atoms with van der Waals surface area (Å²) in [7, 11) is 8.62. The van der Waals surface area contributed by atoms with Crippen molar-refractivity contribution in [1.82, 2.24) is 10.2 Å². The van der Waals surface area contributed by atoms with Crippen molar-refractivity contribution in [3.63, 3.8) is 0 Å². The summed E-state index contributed by atoms with van der Waals surface area (Å²) in [4.78, 5) is 42.8. The van der Waals surface area contributed by atoms with Gasteiger partial charge in [0.25, 0.3) is 5.91 Å². The molecule has 0 aliphatic heterocycles. The van der Waals surface area contributed by atoms with Gasteiger partial charge in [0.15, 0.2) is 5.60 Å². The maximum atomic E-state index is 13.9. The maximum Gasteiger partial charge on any atom is 0.255 e. The van der Waals surface area contributed by atoms with Crippen molar-refractivity contribution in [2.45, 2.75) is 24.5 Å². The average molecular weight is 471 g/mol. The molecule has 3 aliphatic rings. The number of ketones is 2. The maximum absolute atomic E-state index is 13.9. The fourth-order valence-electron chi connectivity index (χ4n) is 5.94. The summed E-state index contributed by atoms with van der Waals surface area (Å²) < 4.78 is 0. The van der Waals surface area contributed by atoms with Gasteiger partial charge in [-0.1, -0.05) is 0 Å². The third-order valence-corrected chi connectivity index (χ3v) is 7.34. The lowest BCUT2D eigenvalue weighted by Crippen LogP contribution is -2.67. The molecule has 10 heteroatoms. The Kier molecular flexibility index (Phi) is 5.49. The Morgan fingerprint density at radius 2 is 1.79 bits per heavy atom. The fraction of sp³-hybridized carbons (Fsp3) is 0.458. The van der Waals surface area contributed by atoms with Crippen molar-refractivity contribution in [2.24, 2.45) is 17.6 Å². The van der Waals surface area contributed by atoms with Crippen LogP contribution in [0.1, 0.15) is 17.5 Å². The van der Waals surface area contributed by atoms with Crippen LogP contribution in [-0.4, -0.2) is 84.6 Å². The van der Waals surface area contributed by atoms with Crippen molar-refractivity contribution in [3.05, 3.63) is 40.2 Å². The summed E-state index contributed by atoms with van der Waals surface area (Å²) in [5.74, 6) is -5.21. The number of fused-ring (bicyclic) bond motifs is 3. The van der Waals surface area contributed by atoms with Gasteiger partial charge < -0.3 is 31.3 Å². The van der Waals surface area contributed by atoms with Gasteiger partial charge in [-0.05, 0) is 50.6 Å². The molecule has 1 saturated carbocycles. The highest BCUT2D eigenvalue weighted by molar-refractivity contribution is 6.33. The molecule has 4 atom stereocenters. The van der Waals surface area contributed by atoms with E-state index in [1.165, 1.54) is 6.07 Å². The Hall–Kier alpha value is -3.37. The second kappa shape index (κ2) is 7.85. The standard InChI is InChI=1S/C24H30N4O6/c1-26-18-15-10(8-11-13(27(2)3)6-7-14(29)16(11)18)9-12-19(28(4)5)20(30)17(23(25)33)22(32)24(12,34)21(15)31/h6-7,10,12,19,26,29-30,34H,8-9H2,1-5H3,(H2,25,33)/t10-,12-,19-,24-/m0/s1. The highest BCUT2D eigenvalue weighted by Crippen LogP contribution is 2.52. The van der Waals surface area contributed by atoms with Crippen LogP contribution in [0.5, 0.6) is 5.75 Å². The summed E-state index contributed by atoms with van der Waals surface area (Å²) >= 11 is 0. The van der Waals surface area contributed by atoms with Crippen LogP contribution < -0.4 is 16.0 Å². The number of primary amides is 1. The van der Waals surface area contributed by atoms with Crippen LogP contribution in [0.25, 0.3) is 5.70 Å². The zero-order chi connectivity index (χ0) is 25.3. The molecule has 0 spiro atoms. The van der Waals surface area contributed by atoms with E-state index >= 15 is 0 Å². The molecule has 1 amide bonds. The normalized spacial score (nSPS) is 28.5. The summed E-state index contributed by atoms with van der Waals surface area (Å²) in [5.41, 5.74) is 4.70. The van der Waals surface area contributed by atoms with Gasteiger partial charge in [-0.3, -0.25) is 19.3 Å². The number of nitrogens with one attached hydrogen (secondary N) is 1. The van der Waals surface area contributed by atoms with Crippen molar-refractivity contribution in [2.75, 3.05) is 40.1 Å². The molecule has 34 heavy (non-hydrogen) atoms. The number of aromatic hydroxyl groups is 1. The number of carbonyl (C=O) groups is 3. The molecule has 0 unspecified atom stereocenters. The molecule has 0 radical (unpaired) electrons. The number of nitrogens with zero attached hydrogens (tertiary/aromatic N) is 2. The number of amides is 1. The lowest BCUT2D eigenvalue weighted by atomic mass is 9.57. The molecule has 0 heterocycles. The molecule has 3 aliphatic carbocycles. The minimum absolute atomic E-state index is 0.0330. The quantitative estimate of drug-likeness (QED) is 0.294. The molecule has 0 saturated heterocycles. The number of rotatable bonds is 4. The summed E-state index contributed by atoms with van der Waals surface area (Å²) in [6.07, 6.45) is 0.576. The van der Waals surface area contributed by atoms with Gasteiger partial charge in [0, 0.05) is 43.9 Å². The molecule has 4 rings (SSSR count). The first-order chi connectivity index (χ1) is 15.9. The number of likely N-dealkylation sites (N-methyl/N-ethyl adjacent to an activating group) is 1. The number of anilines is 1. The van der Waals surface area contributed by atoms with Gasteiger partial charge in [-0.25, -0.2) is 0 Å². The van der Waals surface area contributed by atoms with E-state index < -0.39 is 52.3 Å². The molecule has 0 aromatic heterocycles. The number of hydrogen-bond donors (Lipinski definition) is 5. The largest absolute Gasteiger partial charge is 0.510 e. The van der Waals surface area contributed by atoms with E-state index in [9.17, 15) is 29.7 Å². The first-order valence-electron chi connectivity index (χ1n) is 11.0. The van der Waals surface area contributed by atoms with Gasteiger partial charge >= 0.3 is 0 Å². The number of carbonyl (C=O) groups excluding carboxylic acids is 3. The summed E-state index contributed by atoms with van der Waals surface area (Å²) in [6.45, 7) is 0. The van der Waals surface area contributed by atoms with Gasteiger partial charge in [-0.15, -0.1) is 0 Å². The topological polar surface area (TPSA) is 156 Å². The number of benzene rings is 1. The van der Waals surface area contributed by atoms with Crippen molar-refractivity contribution < 1.29 is 29.7 Å². The Labute approximate surface area is 197 Å². The second-order valence-corrected chi connectivity index (χ2v) is 9.59. The zero-order valence-corrected chi connectivity index (χ0v) is 19.8. The second-order valence-electron chi connectivity index (χ2n) is 9.59. The first-order valence-corrected chi connectivity index (χ1v) is 11.0. The predicted octanol–water partition coefficient (Wildman–Crippen LogP) is -0.309. The molecular weight excluding hydrogens is 440 g/mol. The van der Waals surface area contributed by atoms with E-state index in [2.05, 4.69) is 5.32 Å². The fourth-order valence-corrected chi connectivity index (χ4v) is 5.94. The van der Waals surface area contributed by atoms with Gasteiger partial charge in [-0.2, -0.15) is 0 Å². The molecule has 182 valence electrons. The number of aliphatic hydroxyl groups excluding tert-OH is 1. The third-order valence-electron chi connectivity index (χ3n) is 7.34. The lowest BCUT2D eigenvalue weighted by molar-refractivity contribution is -0.162. The molecule has 10 nitrogen and oxygen atoms in total. The van der Waals surface area contributed by atoms with E-state index in [0.717, 1.165) is 11.3 Å². The average Bonchev–Trinajstić information content (AvgIpc) is 2.74. The van der Waals surface area contributed by atoms with Crippen molar-refractivity contribution in [3.8, 4) is 5.75 Å².